The van der Waals surface area contributed by atoms with Crippen LogP contribution < -0.4 is 4.90 Å². The van der Waals surface area contributed by atoms with Gasteiger partial charge in [-0.1, -0.05) is 41.6 Å². The lowest BCUT2D eigenvalue weighted by molar-refractivity contribution is 0.548. The van der Waals surface area contributed by atoms with E-state index in [0.717, 1.165) is 46.9 Å². The van der Waals surface area contributed by atoms with E-state index in [-0.39, 0.29) is 0 Å². The van der Waals surface area contributed by atoms with Gasteiger partial charge in [0, 0.05) is 30.4 Å². The Kier molecular flexibility index (Phi) is 5.26. The monoisotopic (exact) mass is 428 g/mol. The lowest BCUT2D eigenvalue weighted by atomic mass is 10.1. The van der Waals surface area contributed by atoms with Gasteiger partial charge in [-0.25, -0.2) is 4.68 Å². The summed E-state index contributed by atoms with van der Waals surface area (Å²) in [5, 5.41) is 15.5. The van der Waals surface area contributed by atoms with Gasteiger partial charge in [0.05, 0.1) is 11.4 Å². The fourth-order valence-corrected chi connectivity index (χ4v) is 5.41. The van der Waals surface area contributed by atoms with Gasteiger partial charge in [-0.3, -0.25) is 4.57 Å². The number of rotatable bonds is 6. The van der Waals surface area contributed by atoms with Crippen molar-refractivity contribution in [2.75, 3.05) is 18.0 Å². The van der Waals surface area contributed by atoms with Gasteiger partial charge >= 0.3 is 0 Å². The van der Waals surface area contributed by atoms with E-state index < -0.39 is 0 Å². The van der Waals surface area contributed by atoms with E-state index in [1.807, 2.05) is 41.9 Å². The topological polar surface area (TPSA) is 51.8 Å². The smallest absolute Gasteiger partial charge is 0.228 e. The zero-order valence-electron chi connectivity index (χ0n) is 16.6. The lowest BCUT2D eigenvalue weighted by Crippen LogP contribution is -2.31. The number of anilines is 1. The summed E-state index contributed by atoms with van der Waals surface area (Å²) in [6.45, 7) is 4.20. The first-order valence-electron chi connectivity index (χ1n) is 10.3. The third-order valence-electron chi connectivity index (χ3n) is 5.67. The van der Waals surface area contributed by atoms with Crippen molar-refractivity contribution in [2.24, 2.45) is 0 Å². The van der Waals surface area contributed by atoms with Crippen LogP contribution in [-0.4, -0.2) is 37.6 Å². The van der Waals surface area contributed by atoms with Gasteiger partial charge in [-0.2, -0.15) is 5.10 Å². The van der Waals surface area contributed by atoms with Crippen molar-refractivity contribution in [1.82, 2.24) is 24.5 Å². The van der Waals surface area contributed by atoms with Crippen LogP contribution in [0.15, 0.2) is 35.5 Å². The van der Waals surface area contributed by atoms with Crippen LogP contribution in [0.2, 0.25) is 5.15 Å². The summed E-state index contributed by atoms with van der Waals surface area (Å²) in [7, 11) is 0. The lowest BCUT2D eigenvalue weighted by Gasteiger charge is -2.27. The molecule has 2 aliphatic rings. The number of para-hydroxylation sites is 1. The average molecular weight is 429 g/mol. The van der Waals surface area contributed by atoms with E-state index in [1.54, 1.807) is 11.8 Å². The van der Waals surface area contributed by atoms with Crippen molar-refractivity contribution in [3.05, 3.63) is 46.7 Å². The number of thioether (sulfide) groups is 1. The average Bonchev–Trinajstić information content (AvgIpc) is 3.45. The minimum absolute atomic E-state index is 0.549. The van der Waals surface area contributed by atoms with Crippen LogP contribution in [0, 0.1) is 6.92 Å². The summed E-state index contributed by atoms with van der Waals surface area (Å²) >= 11 is 8.42. The first-order valence-corrected chi connectivity index (χ1v) is 11.7. The van der Waals surface area contributed by atoms with Crippen molar-refractivity contribution in [2.45, 2.75) is 56.0 Å². The molecule has 1 saturated heterocycles. The van der Waals surface area contributed by atoms with Crippen LogP contribution in [0.25, 0.3) is 5.69 Å². The second-order valence-electron chi connectivity index (χ2n) is 7.82. The molecule has 6 nitrogen and oxygen atoms in total. The number of nitrogens with zero attached hydrogens (tertiary/aromatic N) is 6. The molecule has 8 heteroatoms. The summed E-state index contributed by atoms with van der Waals surface area (Å²) in [6, 6.07) is 10.6. The summed E-state index contributed by atoms with van der Waals surface area (Å²) in [6.07, 6.45) is 6.25. The molecule has 3 heterocycles. The molecular weight excluding hydrogens is 404 g/mol. The van der Waals surface area contributed by atoms with E-state index in [1.165, 1.54) is 32.1 Å². The van der Waals surface area contributed by atoms with Crippen LogP contribution in [0.1, 0.15) is 49.4 Å². The van der Waals surface area contributed by atoms with Crippen LogP contribution in [0.5, 0.6) is 0 Å². The molecular formula is C21H25ClN6S. The number of hydrogen-bond donors (Lipinski definition) is 0. The molecule has 2 fully saturated rings. The molecule has 152 valence electrons. The van der Waals surface area contributed by atoms with Gasteiger partial charge in [-0.15, -0.1) is 10.2 Å². The van der Waals surface area contributed by atoms with E-state index in [9.17, 15) is 0 Å². The molecule has 0 spiro atoms. The Morgan fingerprint density at radius 3 is 2.55 bits per heavy atom. The summed E-state index contributed by atoms with van der Waals surface area (Å²) in [4.78, 5) is 2.41. The van der Waals surface area contributed by atoms with Crippen molar-refractivity contribution in [3.63, 3.8) is 0 Å². The van der Waals surface area contributed by atoms with Crippen LogP contribution in [-0.2, 0) is 5.75 Å². The van der Waals surface area contributed by atoms with Gasteiger partial charge in [0.1, 0.15) is 5.15 Å². The maximum absolute atomic E-state index is 6.71. The highest BCUT2D eigenvalue weighted by Gasteiger charge is 2.32. The van der Waals surface area contributed by atoms with Crippen LogP contribution in [0.3, 0.4) is 0 Å². The predicted octanol–water partition coefficient (Wildman–Crippen LogP) is 5.04. The zero-order chi connectivity index (χ0) is 19.8. The van der Waals surface area contributed by atoms with E-state index >= 15 is 0 Å². The molecule has 1 aromatic carbocycles. The maximum atomic E-state index is 6.71. The predicted molar refractivity (Wildman–Crippen MR) is 117 cm³/mol. The molecule has 5 rings (SSSR count). The third-order valence-corrected chi connectivity index (χ3v) is 7.02. The molecule has 1 saturated carbocycles. The molecule has 3 aromatic rings. The zero-order valence-corrected chi connectivity index (χ0v) is 18.2. The summed E-state index contributed by atoms with van der Waals surface area (Å²) in [5.74, 6) is 1.79. The molecule has 2 aromatic heterocycles. The first kappa shape index (κ1) is 19.0. The van der Waals surface area contributed by atoms with E-state index in [4.69, 9.17) is 11.6 Å². The maximum Gasteiger partial charge on any atom is 0.228 e. The Balaban J connectivity index is 1.38. The van der Waals surface area contributed by atoms with Gasteiger partial charge in [0.15, 0.2) is 5.16 Å². The fourth-order valence-electron chi connectivity index (χ4n) is 3.90. The highest BCUT2D eigenvalue weighted by Crippen LogP contribution is 2.42. The quantitative estimate of drug-likeness (QED) is 0.514. The van der Waals surface area contributed by atoms with Crippen LogP contribution >= 0.6 is 23.4 Å². The Hall–Kier alpha value is -1.99. The van der Waals surface area contributed by atoms with Gasteiger partial charge in [0.2, 0.25) is 5.95 Å². The number of aryl methyl sites for hydroxylation is 1. The van der Waals surface area contributed by atoms with Crippen LogP contribution in [0.4, 0.5) is 5.95 Å². The van der Waals surface area contributed by atoms with Crippen molar-refractivity contribution in [3.8, 4) is 5.69 Å². The number of benzene rings is 1. The Morgan fingerprint density at radius 1 is 1.07 bits per heavy atom. The number of aromatic nitrogens is 5. The van der Waals surface area contributed by atoms with Crippen molar-refractivity contribution < 1.29 is 0 Å². The molecule has 1 aliphatic heterocycles. The fraction of sp³-hybridized carbons (Fsp3) is 0.476. The van der Waals surface area contributed by atoms with E-state index in [0.29, 0.717) is 11.2 Å². The molecule has 0 unspecified atom stereocenters. The standard InChI is InChI=1S/C21H25ClN6S/c1-15-18(19(22)28(25-15)17-8-4-2-5-9-17)14-29-21-24-23-20(27(21)16-10-11-16)26-12-6-3-7-13-26/h2,4-5,8-9,16H,3,6-7,10-14H2,1H3. The van der Waals surface area contributed by atoms with E-state index in [2.05, 4.69) is 24.8 Å². The second-order valence-corrected chi connectivity index (χ2v) is 9.12. The number of hydrogen-bond acceptors (Lipinski definition) is 5. The molecule has 29 heavy (non-hydrogen) atoms. The third kappa shape index (κ3) is 3.78. The molecule has 1 aliphatic carbocycles. The molecule has 0 amide bonds. The number of halogens is 1. The summed E-state index contributed by atoms with van der Waals surface area (Å²) < 4.78 is 4.18. The van der Waals surface area contributed by atoms with Crippen molar-refractivity contribution in [1.29, 1.82) is 0 Å². The normalized spacial score (nSPS) is 17.1. The molecule has 0 radical (unpaired) electrons. The molecule has 0 N–H and O–H groups in total. The molecule has 0 bridgehead atoms. The highest BCUT2D eigenvalue weighted by atomic mass is 35.5. The Bertz CT molecular complexity index is 988. The van der Waals surface area contributed by atoms with Gasteiger partial charge in [-0.05, 0) is 51.2 Å². The largest absolute Gasteiger partial charge is 0.341 e. The molecule has 0 atom stereocenters. The minimum Gasteiger partial charge on any atom is -0.341 e. The SMILES string of the molecule is Cc1nn(-c2ccccc2)c(Cl)c1CSc1nnc(N2CCCCC2)n1C1CC1. The first-order chi connectivity index (χ1) is 14.2. The Morgan fingerprint density at radius 2 is 1.83 bits per heavy atom. The Labute approximate surface area is 180 Å². The summed E-state index contributed by atoms with van der Waals surface area (Å²) in [5.41, 5.74) is 3.00. The van der Waals surface area contributed by atoms with Crippen molar-refractivity contribution >= 4 is 29.3 Å². The number of piperidine rings is 1. The highest BCUT2D eigenvalue weighted by molar-refractivity contribution is 7.98. The minimum atomic E-state index is 0.549. The second kappa shape index (κ2) is 8.03. The van der Waals surface area contributed by atoms with Gasteiger partial charge in [0.25, 0.3) is 0 Å². The van der Waals surface area contributed by atoms with Gasteiger partial charge < -0.3 is 4.90 Å².